The molecule has 3 rings (SSSR count). The lowest BCUT2D eigenvalue weighted by Crippen LogP contribution is -2.05. The smallest absolute Gasteiger partial charge is 0.192 e. The predicted molar refractivity (Wildman–Crippen MR) is 109 cm³/mol. The Morgan fingerprint density at radius 3 is 2.12 bits per heavy atom. The van der Waals surface area contributed by atoms with Crippen molar-refractivity contribution in [3.63, 3.8) is 0 Å². The van der Waals surface area contributed by atoms with Gasteiger partial charge < -0.3 is 0 Å². The highest BCUT2D eigenvalue weighted by molar-refractivity contribution is 7.90. The molecule has 0 saturated heterocycles. The maximum Gasteiger partial charge on any atom is 0.192 e. The Labute approximate surface area is 158 Å². The second-order valence-electron chi connectivity index (χ2n) is 6.61. The molecule has 0 bridgehead atoms. The molecule has 0 N–H and O–H groups in total. The van der Waals surface area contributed by atoms with Crippen LogP contribution in [0.1, 0.15) is 38.1 Å². The van der Waals surface area contributed by atoms with E-state index in [0.717, 1.165) is 22.9 Å². The van der Waals surface area contributed by atoms with Crippen LogP contribution in [0.3, 0.4) is 0 Å². The topological polar surface area (TPSA) is 59.9 Å². The van der Waals surface area contributed by atoms with Crippen molar-refractivity contribution in [3.8, 4) is 11.3 Å². The minimum atomic E-state index is -3.33. The van der Waals surface area contributed by atoms with Crippen LogP contribution in [0.5, 0.6) is 0 Å². The van der Waals surface area contributed by atoms with Gasteiger partial charge in [-0.1, -0.05) is 42.0 Å². The number of benzene rings is 1. The summed E-state index contributed by atoms with van der Waals surface area (Å²) in [6.45, 7) is 7.81. The zero-order valence-electron chi connectivity index (χ0n) is 16.1. The first-order chi connectivity index (χ1) is 12.2. The molecule has 0 aliphatic heterocycles. The van der Waals surface area contributed by atoms with E-state index in [1.165, 1.54) is 24.5 Å². The molecule has 140 valence electrons. The van der Waals surface area contributed by atoms with Gasteiger partial charge in [-0.15, -0.1) is 0 Å². The van der Waals surface area contributed by atoms with E-state index in [1.54, 1.807) is 6.92 Å². The van der Waals surface area contributed by atoms with Gasteiger partial charge in [-0.2, -0.15) is 0 Å². The van der Waals surface area contributed by atoms with Gasteiger partial charge in [0.2, 0.25) is 0 Å². The van der Waals surface area contributed by atoms with Crippen LogP contribution >= 0.6 is 0 Å². The van der Waals surface area contributed by atoms with Crippen LogP contribution in [0, 0.1) is 20.8 Å². The number of rotatable bonds is 2. The fourth-order valence-corrected chi connectivity index (χ4v) is 3.44. The Morgan fingerprint density at radius 2 is 1.65 bits per heavy atom. The van der Waals surface area contributed by atoms with E-state index < -0.39 is 9.84 Å². The number of hydrogen-bond donors (Lipinski definition) is 0. The monoisotopic (exact) mass is 372 g/mol. The highest BCUT2D eigenvalue weighted by atomic mass is 32.2. The van der Waals surface area contributed by atoms with Crippen molar-refractivity contribution in [1.29, 1.82) is 0 Å². The van der Waals surface area contributed by atoms with Gasteiger partial charge in [0.05, 0.1) is 5.69 Å². The minimum absolute atomic E-state index is 0. The SMILES string of the molecule is CC1=CCCC=C1.Cc1nc(-c2c(C)cccc2C)cc(S(C)(=O)=O)n1.[HH]. The molecule has 0 atom stereocenters. The summed E-state index contributed by atoms with van der Waals surface area (Å²) >= 11 is 0. The fourth-order valence-electron chi connectivity index (χ4n) is 2.82. The van der Waals surface area contributed by atoms with Crippen molar-refractivity contribution in [2.75, 3.05) is 6.26 Å². The zero-order chi connectivity index (χ0) is 19.3. The molecule has 1 aromatic carbocycles. The molecule has 0 radical (unpaired) electrons. The third-order valence-electron chi connectivity index (χ3n) is 4.11. The normalized spacial score (nSPS) is 13.7. The summed E-state index contributed by atoms with van der Waals surface area (Å²) in [5.41, 5.74) is 5.17. The van der Waals surface area contributed by atoms with Crippen molar-refractivity contribution >= 4 is 9.84 Å². The van der Waals surface area contributed by atoms with E-state index in [1.807, 2.05) is 32.0 Å². The Bertz CT molecular complexity index is 944. The van der Waals surface area contributed by atoms with Crippen molar-refractivity contribution in [2.45, 2.75) is 45.6 Å². The standard InChI is InChI=1S/C14H16N2O2S.C7H10.H2/c1-9-6-5-7-10(2)14(9)12-8-13(19(4,17)18)16-11(3)15-12;1-7-5-3-2-4-6-7;/h5-8H,1-4H3;3,5-6H,2,4H2,1H3;1H. The van der Waals surface area contributed by atoms with E-state index in [9.17, 15) is 8.42 Å². The van der Waals surface area contributed by atoms with Crippen molar-refractivity contribution < 1.29 is 9.84 Å². The van der Waals surface area contributed by atoms with Crippen LogP contribution in [0.4, 0.5) is 0 Å². The van der Waals surface area contributed by atoms with Gasteiger partial charge in [0.1, 0.15) is 5.82 Å². The lowest BCUT2D eigenvalue weighted by molar-refractivity contribution is 0.597. The maximum absolute atomic E-state index is 11.6. The molecule has 0 unspecified atom stereocenters. The van der Waals surface area contributed by atoms with E-state index in [0.29, 0.717) is 11.5 Å². The summed E-state index contributed by atoms with van der Waals surface area (Å²) in [7, 11) is -3.33. The summed E-state index contributed by atoms with van der Waals surface area (Å²) in [6.07, 6.45) is 10.3. The molecule has 0 spiro atoms. The first kappa shape index (κ1) is 20.0. The summed E-state index contributed by atoms with van der Waals surface area (Å²) < 4.78 is 23.3. The minimum Gasteiger partial charge on any atom is -0.233 e. The molecule has 5 heteroatoms. The van der Waals surface area contributed by atoms with Crippen molar-refractivity contribution in [1.82, 2.24) is 9.97 Å². The molecule has 0 fully saturated rings. The van der Waals surface area contributed by atoms with Crippen LogP contribution in [-0.2, 0) is 9.84 Å². The van der Waals surface area contributed by atoms with Crippen LogP contribution in [0.25, 0.3) is 11.3 Å². The average molecular weight is 373 g/mol. The molecule has 1 aromatic heterocycles. The number of hydrogen-bond acceptors (Lipinski definition) is 4. The quantitative estimate of drug-likeness (QED) is 0.696. The Kier molecular flexibility index (Phi) is 6.48. The van der Waals surface area contributed by atoms with Crippen molar-refractivity contribution in [2.24, 2.45) is 0 Å². The molecule has 1 aliphatic rings. The van der Waals surface area contributed by atoms with Gasteiger partial charge in [0.25, 0.3) is 0 Å². The molecule has 1 aliphatic carbocycles. The number of sulfone groups is 1. The first-order valence-electron chi connectivity index (χ1n) is 8.64. The molecular formula is C21H28N2O2S. The third-order valence-corrected chi connectivity index (χ3v) is 5.08. The summed E-state index contributed by atoms with van der Waals surface area (Å²) in [6, 6.07) is 7.48. The van der Waals surface area contributed by atoms with Gasteiger partial charge in [0, 0.05) is 19.3 Å². The van der Waals surface area contributed by atoms with Gasteiger partial charge in [0.15, 0.2) is 14.9 Å². The van der Waals surface area contributed by atoms with Crippen LogP contribution in [0.15, 0.2) is 53.1 Å². The van der Waals surface area contributed by atoms with E-state index in [4.69, 9.17) is 0 Å². The molecule has 26 heavy (non-hydrogen) atoms. The van der Waals surface area contributed by atoms with Gasteiger partial charge in [-0.25, -0.2) is 18.4 Å². The summed E-state index contributed by atoms with van der Waals surface area (Å²) in [5.74, 6) is 0.459. The second kappa shape index (κ2) is 8.41. The molecule has 1 heterocycles. The zero-order valence-corrected chi connectivity index (χ0v) is 16.9. The van der Waals surface area contributed by atoms with Gasteiger partial charge >= 0.3 is 0 Å². The Morgan fingerprint density at radius 1 is 1.00 bits per heavy atom. The van der Waals surface area contributed by atoms with Crippen LogP contribution < -0.4 is 0 Å². The summed E-state index contributed by atoms with van der Waals surface area (Å²) in [4.78, 5) is 8.35. The molecule has 2 aromatic rings. The Balaban J connectivity index is 0.000000385. The lowest BCUT2D eigenvalue weighted by Gasteiger charge is -2.10. The highest BCUT2D eigenvalue weighted by Crippen LogP contribution is 2.26. The highest BCUT2D eigenvalue weighted by Gasteiger charge is 2.15. The maximum atomic E-state index is 11.6. The Hall–Kier alpha value is -2.27. The molecule has 4 nitrogen and oxygen atoms in total. The molecule has 0 saturated carbocycles. The van der Waals surface area contributed by atoms with E-state index in [2.05, 4.69) is 35.1 Å². The second-order valence-corrected chi connectivity index (χ2v) is 8.57. The number of aryl methyl sites for hydroxylation is 3. The molecule has 0 amide bonds. The van der Waals surface area contributed by atoms with Crippen molar-refractivity contribution in [3.05, 3.63) is 65.0 Å². The summed E-state index contributed by atoms with van der Waals surface area (Å²) in [5, 5.41) is 0.0673. The largest absolute Gasteiger partial charge is 0.233 e. The number of allylic oxidation sites excluding steroid dienone is 4. The number of aromatic nitrogens is 2. The van der Waals surface area contributed by atoms with Gasteiger partial charge in [-0.05, 0) is 51.7 Å². The average Bonchev–Trinajstić information content (AvgIpc) is 2.55. The third kappa shape index (κ3) is 5.36. The van der Waals surface area contributed by atoms with Gasteiger partial charge in [-0.3, -0.25) is 0 Å². The number of nitrogens with zero attached hydrogens (tertiary/aromatic N) is 2. The first-order valence-corrected chi connectivity index (χ1v) is 10.5. The lowest BCUT2D eigenvalue weighted by atomic mass is 10.00. The van der Waals surface area contributed by atoms with Crippen LogP contribution in [0.2, 0.25) is 0 Å². The van der Waals surface area contributed by atoms with E-state index in [-0.39, 0.29) is 6.45 Å². The molecular weight excluding hydrogens is 344 g/mol. The van der Waals surface area contributed by atoms with E-state index >= 15 is 0 Å². The predicted octanol–water partition coefficient (Wildman–Crippen LogP) is 5.00. The fraction of sp³-hybridized carbons (Fsp3) is 0.333. The van der Waals surface area contributed by atoms with Crippen LogP contribution in [-0.4, -0.2) is 24.6 Å².